The second kappa shape index (κ2) is 5.52. The summed E-state index contributed by atoms with van der Waals surface area (Å²) in [5.41, 5.74) is 1.93. The quantitative estimate of drug-likeness (QED) is 0.538. The maximum Gasteiger partial charge on any atom is 0.413 e. The van der Waals surface area contributed by atoms with E-state index in [0.29, 0.717) is 0 Å². The van der Waals surface area contributed by atoms with Crippen LogP contribution < -0.4 is 5.48 Å². The van der Waals surface area contributed by atoms with E-state index in [4.69, 9.17) is 0 Å². The molecule has 0 fully saturated rings. The van der Waals surface area contributed by atoms with Gasteiger partial charge in [-0.15, -0.1) is 0 Å². The van der Waals surface area contributed by atoms with Crippen molar-refractivity contribution in [3.05, 3.63) is 0 Å². The fraction of sp³-hybridized carbons (Fsp3) is 1.00. The van der Waals surface area contributed by atoms with Crippen LogP contribution in [0.1, 0.15) is 6.92 Å². The molecule has 0 atom stereocenters. The molecule has 1 N–H and O–H groups in total. The van der Waals surface area contributed by atoms with Gasteiger partial charge in [0.05, 0.1) is 5.75 Å². The van der Waals surface area contributed by atoms with E-state index in [-0.39, 0.29) is 18.1 Å². The lowest BCUT2D eigenvalue weighted by Crippen LogP contribution is -2.28. The van der Waals surface area contributed by atoms with Crippen LogP contribution in [0.4, 0.5) is 13.2 Å². The highest BCUT2D eigenvalue weighted by atomic mass is 32.2. The van der Waals surface area contributed by atoms with E-state index in [2.05, 4.69) is 4.84 Å². The molecule has 0 bridgehead atoms. The maximum absolute atomic E-state index is 11.5. The van der Waals surface area contributed by atoms with Crippen molar-refractivity contribution in [3.63, 3.8) is 0 Å². The molecular weight excluding hydrogens is 223 g/mol. The number of rotatable bonds is 6. The van der Waals surface area contributed by atoms with Crippen LogP contribution in [0.25, 0.3) is 0 Å². The Bertz CT molecular complexity index is 250. The largest absolute Gasteiger partial charge is 0.413 e. The number of hydroxylamine groups is 1. The lowest BCUT2D eigenvalue weighted by Gasteiger charge is -2.07. The van der Waals surface area contributed by atoms with Gasteiger partial charge in [-0.05, 0) is 0 Å². The van der Waals surface area contributed by atoms with Gasteiger partial charge in [-0.25, -0.2) is 13.9 Å². The van der Waals surface area contributed by atoms with Crippen LogP contribution in [0.3, 0.4) is 0 Å². The van der Waals surface area contributed by atoms with Crippen molar-refractivity contribution >= 4 is 9.84 Å². The lowest BCUT2D eigenvalue weighted by molar-refractivity contribution is -0.188. The summed E-state index contributed by atoms with van der Waals surface area (Å²) in [6.07, 6.45) is -4.41. The molecular formula is C6H12F3NO3S. The number of alkyl halides is 3. The molecule has 0 amide bonds. The predicted molar refractivity (Wildman–Crippen MR) is 44.3 cm³/mol. The molecule has 0 heterocycles. The Balaban J connectivity index is 3.49. The number of hydrogen-bond acceptors (Lipinski definition) is 4. The molecule has 0 spiro atoms. The van der Waals surface area contributed by atoms with Gasteiger partial charge >= 0.3 is 6.18 Å². The number of halogens is 3. The van der Waals surface area contributed by atoms with Crippen LogP contribution >= 0.6 is 0 Å². The van der Waals surface area contributed by atoms with Crippen molar-refractivity contribution in [2.45, 2.75) is 13.1 Å². The zero-order valence-corrected chi connectivity index (χ0v) is 8.41. The van der Waals surface area contributed by atoms with Gasteiger partial charge in [0.1, 0.15) is 0 Å². The molecule has 0 saturated carbocycles. The van der Waals surface area contributed by atoms with E-state index in [1.54, 1.807) is 0 Å². The molecule has 0 unspecified atom stereocenters. The third kappa shape index (κ3) is 8.27. The molecule has 0 aliphatic carbocycles. The Morgan fingerprint density at radius 2 is 1.93 bits per heavy atom. The summed E-state index contributed by atoms with van der Waals surface area (Å²) in [6.45, 7) is -0.114. The average Bonchev–Trinajstić information content (AvgIpc) is 2.01. The minimum atomic E-state index is -4.41. The van der Waals surface area contributed by atoms with Crippen LogP contribution in [0.15, 0.2) is 0 Å². The molecule has 0 aromatic carbocycles. The first kappa shape index (κ1) is 13.7. The minimum absolute atomic E-state index is 0.0338. The molecule has 14 heavy (non-hydrogen) atoms. The maximum atomic E-state index is 11.5. The molecule has 86 valence electrons. The van der Waals surface area contributed by atoms with E-state index in [0.717, 1.165) is 0 Å². The molecule has 0 radical (unpaired) electrons. The highest BCUT2D eigenvalue weighted by Crippen LogP contribution is 2.13. The highest BCUT2D eigenvalue weighted by molar-refractivity contribution is 7.91. The summed E-state index contributed by atoms with van der Waals surface area (Å²) in [5.74, 6) is -0.269. The first-order valence-corrected chi connectivity index (χ1v) is 5.71. The zero-order chi connectivity index (χ0) is 11.2. The third-order valence-electron chi connectivity index (χ3n) is 1.29. The molecule has 0 aliphatic heterocycles. The molecule has 4 nitrogen and oxygen atoms in total. The number of sulfone groups is 1. The van der Waals surface area contributed by atoms with Crippen LogP contribution in [0.2, 0.25) is 0 Å². The zero-order valence-electron chi connectivity index (χ0n) is 7.60. The Morgan fingerprint density at radius 1 is 1.36 bits per heavy atom. The van der Waals surface area contributed by atoms with Gasteiger partial charge in [0.2, 0.25) is 0 Å². The number of nitrogens with one attached hydrogen (secondary N) is 1. The summed E-state index contributed by atoms with van der Waals surface area (Å²) in [7, 11) is -3.16. The molecule has 0 aromatic heterocycles. The van der Waals surface area contributed by atoms with Crippen molar-refractivity contribution < 1.29 is 26.4 Å². The van der Waals surface area contributed by atoms with E-state index in [1.165, 1.54) is 6.92 Å². The smallest absolute Gasteiger partial charge is 0.292 e. The average molecular weight is 235 g/mol. The molecule has 0 saturated heterocycles. The van der Waals surface area contributed by atoms with Crippen molar-refractivity contribution in [3.8, 4) is 0 Å². The second-order valence-corrected chi connectivity index (χ2v) is 5.01. The van der Waals surface area contributed by atoms with Crippen LogP contribution in [0.5, 0.6) is 0 Å². The van der Waals surface area contributed by atoms with Crippen molar-refractivity contribution in [1.82, 2.24) is 5.48 Å². The fourth-order valence-electron chi connectivity index (χ4n) is 0.547. The predicted octanol–water partition coefficient (Wildman–Crippen LogP) is 0.505. The van der Waals surface area contributed by atoms with Gasteiger partial charge in [-0.1, -0.05) is 6.92 Å². The van der Waals surface area contributed by atoms with Gasteiger partial charge in [0, 0.05) is 12.3 Å². The second-order valence-electron chi connectivity index (χ2n) is 2.53. The van der Waals surface area contributed by atoms with E-state index in [1.807, 2.05) is 5.48 Å². The molecule has 8 heteroatoms. The van der Waals surface area contributed by atoms with Gasteiger partial charge in [-0.3, -0.25) is 4.84 Å². The standard InChI is InChI=1S/C6H12F3NO3S/c1-2-14(11,12)4-3-10-13-5-6(7,8)9/h10H,2-5H2,1H3. The SMILES string of the molecule is CCS(=O)(=O)CCNOCC(F)(F)F. The number of hydrogen-bond donors (Lipinski definition) is 1. The summed E-state index contributed by atoms with van der Waals surface area (Å²) < 4.78 is 56.2. The Morgan fingerprint density at radius 3 is 2.36 bits per heavy atom. The van der Waals surface area contributed by atoms with Crippen LogP contribution in [0, 0.1) is 0 Å². The molecule has 0 aliphatic rings. The van der Waals surface area contributed by atoms with E-state index in [9.17, 15) is 21.6 Å². The Labute approximate surface area is 80.3 Å². The van der Waals surface area contributed by atoms with Crippen molar-refractivity contribution in [1.29, 1.82) is 0 Å². The summed E-state index contributed by atoms with van der Waals surface area (Å²) in [6, 6.07) is 0. The monoisotopic (exact) mass is 235 g/mol. The fourth-order valence-corrected chi connectivity index (χ4v) is 1.23. The minimum Gasteiger partial charge on any atom is -0.292 e. The van der Waals surface area contributed by atoms with E-state index < -0.39 is 22.6 Å². The Hall–Kier alpha value is -0.340. The van der Waals surface area contributed by atoms with Crippen LogP contribution in [-0.2, 0) is 14.7 Å². The first-order chi connectivity index (χ1) is 6.27. The van der Waals surface area contributed by atoms with Crippen molar-refractivity contribution in [2.75, 3.05) is 24.7 Å². The molecule has 0 aromatic rings. The van der Waals surface area contributed by atoms with E-state index >= 15 is 0 Å². The van der Waals surface area contributed by atoms with Gasteiger partial charge in [0.15, 0.2) is 16.4 Å². The highest BCUT2D eigenvalue weighted by Gasteiger charge is 2.27. The van der Waals surface area contributed by atoms with Crippen molar-refractivity contribution in [2.24, 2.45) is 0 Å². The first-order valence-electron chi connectivity index (χ1n) is 3.88. The summed E-state index contributed by atoms with van der Waals surface area (Å²) in [4.78, 5) is 4.00. The van der Waals surface area contributed by atoms with Gasteiger partial charge < -0.3 is 0 Å². The van der Waals surface area contributed by atoms with Gasteiger partial charge in [0.25, 0.3) is 0 Å². The summed E-state index contributed by atoms with van der Waals surface area (Å²) >= 11 is 0. The Kier molecular flexibility index (Phi) is 5.38. The lowest BCUT2D eigenvalue weighted by atomic mass is 10.7. The topological polar surface area (TPSA) is 55.4 Å². The third-order valence-corrected chi connectivity index (χ3v) is 3.00. The van der Waals surface area contributed by atoms with Crippen LogP contribution in [-0.4, -0.2) is 39.3 Å². The normalized spacial score (nSPS) is 13.1. The summed E-state index contributed by atoms with van der Waals surface area (Å²) in [5, 5.41) is 0. The van der Waals surface area contributed by atoms with Gasteiger partial charge in [-0.2, -0.15) is 13.2 Å². The molecule has 0 rings (SSSR count).